The van der Waals surface area contributed by atoms with Gasteiger partial charge in [-0.25, -0.2) is 0 Å². The first-order valence-electron chi connectivity index (χ1n) is 6.77. The predicted molar refractivity (Wildman–Crippen MR) is 70.9 cm³/mol. The Kier molecular flexibility index (Phi) is 7.01. The minimum atomic E-state index is 0.796. The largest absolute Gasteiger partial charge is 0.320 e. The molecule has 0 saturated carbocycles. The average Bonchev–Trinajstić information content (AvgIpc) is 2.72. The van der Waals surface area contributed by atoms with Crippen LogP contribution in [0.1, 0.15) is 32.1 Å². The lowest BCUT2D eigenvalue weighted by atomic mass is 10.2. The van der Waals surface area contributed by atoms with Crippen LogP contribution in [0.4, 0.5) is 0 Å². The normalized spacial score (nSPS) is 22.1. The fourth-order valence-electron chi connectivity index (χ4n) is 2.43. The molecule has 0 spiro atoms. The molecule has 1 rings (SSSR count). The molecule has 1 unspecified atom stereocenters. The van der Waals surface area contributed by atoms with Crippen molar-refractivity contribution in [1.82, 2.24) is 15.1 Å². The van der Waals surface area contributed by atoms with Crippen molar-refractivity contribution in [3.05, 3.63) is 0 Å². The maximum Gasteiger partial charge on any atom is 0.0229 e. The number of hydrogen-bond donors (Lipinski definition) is 1. The molecule has 0 aromatic heterocycles. The Morgan fingerprint density at radius 2 is 1.94 bits per heavy atom. The summed E-state index contributed by atoms with van der Waals surface area (Å²) in [5, 5.41) is 3.20. The third-order valence-corrected chi connectivity index (χ3v) is 3.63. The third kappa shape index (κ3) is 5.28. The van der Waals surface area contributed by atoms with E-state index in [-0.39, 0.29) is 0 Å². The Bertz CT molecular complexity index is 171. The fourth-order valence-corrected chi connectivity index (χ4v) is 2.43. The molecule has 1 heterocycles. The molecule has 96 valence electrons. The van der Waals surface area contributed by atoms with Crippen LogP contribution in [0.2, 0.25) is 0 Å². The number of likely N-dealkylation sites (N-methyl/N-ethyl adjacent to an activating group) is 1. The van der Waals surface area contributed by atoms with E-state index in [0.717, 1.165) is 6.04 Å². The van der Waals surface area contributed by atoms with Gasteiger partial charge in [-0.15, -0.1) is 0 Å². The molecule has 0 aromatic carbocycles. The molecule has 1 N–H and O–H groups in total. The van der Waals surface area contributed by atoms with Crippen LogP contribution < -0.4 is 5.32 Å². The molecular weight excluding hydrogens is 198 g/mol. The first-order valence-corrected chi connectivity index (χ1v) is 6.77. The molecule has 16 heavy (non-hydrogen) atoms. The van der Waals surface area contributed by atoms with E-state index in [1.54, 1.807) is 0 Å². The zero-order valence-electron chi connectivity index (χ0n) is 11.3. The van der Waals surface area contributed by atoms with Gasteiger partial charge in [-0.05, 0) is 60.0 Å². The van der Waals surface area contributed by atoms with Gasteiger partial charge in [0.05, 0.1) is 0 Å². The predicted octanol–water partition coefficient (Wildman–Crippen LogP) is 1.40. The second kappa shape index (κ2) is 8.04. The lowest BCUT2D eigenvalue weighted by Gasteiger charge is -2.20. The highest BCUT2D eigenvalue weighted by atomic mass is 15.2. The van der Waals surface area contributed by atoms with Gasteiger partial charge < -0.3 is 15.1 Å². The standard InChI is InChI=1S/C13H29N3/c1-14-9-6-4-5-7-10-16-11-8-13(12-16)15(2)3/h13-14H,4-12H2,1-3H3. The quantitative estimate of drug-likeness (QED) is 0.632. The highest BCUT2D eigenvalue weighted by Gasteiger charge is 2.22. The van der Waals surface area contributed by atoms with Gasteiger partial charge in [0.2, 0.25) is 0 Å². The number of likely N-dealkylation sites (tertiary alicyclic amines) is 1. The van der Waals surface area contributed by atoms with Crippen molar-refractivity contribution in [2.45, 2.75) is 38.1 Å². The van der Waals surface area contributed by atoms with Crippen molar-refractivity contribution in [2.75, 3.05) is 47.3 Å². The molecule has 1 saturated heterocycles. The van der Waals surface area contributed by atoms with Crippen molar-refractivity contribution in [3.8, 4) is 0 Å². The fraction of sp³-hybridized carbons (Fsp3) is 1.00. The Labute approximate surface area is 101 Å². The summed E-state index contributed by atoms with van der Waals surface area (Å²) < 4.78 is 0. The Balaban J connectivity index is 1.94. The zero-order chi connectivity index (χ0) is 11.8. The smallest absolute Gasteiger partial charge is 0.0229 e. The van der Waals surface area contributed by atoms with Crippen LogP contribution in [0.5, 0.6) is 0 Å². The van der Waals surface area contributed by atoms with Crippen LogP contribution in [0.3, 0.4) is 0 Å². The van der Waals surface area contributed by atoms with Crippen LogP contribution in [-0.2, 0) is 0 Å². The molecular formula is C13H29N3. The van der Waals surface area contributed by atoms with E-state index in [9.17, 15) is 0 Å². The minimum Gasteiger partial charge on any atom is -0.320 e. The van der Waals surface area contributed by atoms with Gasteiger partial charge in [0.15, 0.2) is 0 Å². The molecule has 0 amide bonds. The van der Waals surface area contributed by atoms with E-state index in [2.05, 4.69) is 29.2 Å². The maximum absolute atomic E-state index is 3.20. The SMILES string of the molecule is CNCCCCCCN1CCC(N(C)C)C1. The van der Waals surface area contributed by atoms with Crippen molar-refractivity contribution >= 4 is 0 Å². The summed E-state index contributed by atoms with van der Waals surface area (Å²) in [4.78, 5) is 5.00. The van der Waals surface area contributed by atoms with Gasteiger partial charge in [0.1, 0.15) is 0 Å². The summed E-state index contributed by atoms with van der Waals surface area (Å²) in [5.41, 5.74) is 0. The van der Waals surface area contributed by atoms with E-state index in [1.165, 1.54) is 58.3 Å². The van der Waals surface area contributed by atoms with Gasteiger partial charge in [0, 0.05) is 12.6 Å². The summed E-state index contributed by atoms with van der Waals surface area (Å²) in [5.74, 6) is 0. The summed E-state index contributed by atoms with van der Waals surface area (Å²) in [6.45, 7) is 5.07. The maximum atomic E-state index is 3.20. The van der Waals surface area contributed by atoms with Crippen molar-refractivity contribution in [3.63, 3.8) is 0 Å². The first-order chi connectivity index (χ1) is 7.74. The lowest BCUT2D eigenvalue weighted by molar-refractivity contribution is 0.265. The second-order valence-electron chi connectivity index (χ2n) is 5.22. The van der Waals surface area contributed by atoms with Crippen LogP contribution in [0, 0.1) is 0 Å². The van der Waals surface area contributed by atoms with E-state index >= 15 is 0 Å². The zero-order valence-corrected chi connectivity index (χ0v) is 11.3. The van der Waals surface area contributed by atoms with E-state index < -0.39 is 0 Å². The second-order valence-corrected chi connectivity index (χ2v) is 5.22. The van der Waals surface area contributed by atoms with Gasteiger partial charge in [-0.2, -0.15) is 0 Å². The molecule has 0 radical (unpaired) electrons. The van der Waals surface area contributed by atoms with Crippen molar-refractivity contribution in [2.24, 2.45) is 0 Å². The summed E-state index contributed by atoms with van der Waals surface area (Å²) >= 11 is 0. The Morgan fingerprint density at radius 1 is 1.19 bits per heavy atom. The van der Waals surface area contributed by atoms with Crippen LogP contribution in [0.15, 0.2) is 0 Å². The van der Waals surface area contributed by atoms with Gasteiger partial charge in [-0.3, -0.25) is 0 Å². The molecule has 1 fully saturated rings. The number of hydrogen-bond acceptors (Lipinski definition) is 3. The molecule has 0 aromatic rings. The molecule has 0 aliphatic carbocycles. The van der Waals surface area contributed by atoms with E-state index in [0.29, 0.717) is 0 Å². The average molecular weight is 227 g/mol. The van der Waals surface area contributed by atoms with E-state index in [1.807, 2.05) is 7.05 Å². The van der Waals surface area contributed by atoms with Crippen molar-refractivity contribution < 1.29 is 0 Å². The van der Waals surface area contributed by atoms with Gasteiger partial charge >= 0.3 is 0 Å². The topological polar surface area (TPSA) is 18.5 Å². The molecule has 3 nitrogen and oxygen atoms in total. The Hall–Kier alpha value is -0.120. The first kappa shape index (κ1) is 13.9. The number of nitrogens with zero attached hydrogens (tertiary/aromatic N) is 2. The number of rotatable bonds is 8. The lowest BCUT2D eigenvalue weighted by Crippen LogP contribution is -2.31. The Morgan fingerprint density at radius 3 is 2.56 bits per heavy atom. The number of nitrogens with one attached hydrogen (secondary N) is 1. The molecule has 1 aliphatic heterocycles. The van der Waals surface area contributed by atoms with Crippen LogP contribution in [0.25, 0.3) is 0 Å². The molecule has 1 atom stereocenters. The molecule has 0 bridgehead atoms. The number of unbranched alkanes of at least 4 members (excludes halogenated alkanes) is 3. The summed E-state index contributed by atoms with van der Waals surface area (Å²) in [6.07, 6.45) is 6.84. The summed E-state index contributed by atoms with van der Waals surface area (Å²) in [6, 6.07) is 0.796. The summed E-state index contributed by atoms with van der Waals surface area (Å²) in [7, 11) is 6.43. The van der Waals surface area contributed by atoms with Gasteiger partial charge in [0.25, 0.3) is 0 Å². The molecule has 3 heteroatoms. The van der Waals surface area contributed by atoms with E-state index in [4.69, 9.17) is 0 Å². The monoisotopic (exact) mass is 227 g/mol. The highest BCUT2D eigenvalue weighted by Crippen LogP contribution is 2.14. The van der Waals surface area contributed by atoms with Crippen LogP contribution in [-0.4, -0.2) is 63.2 Å². The van der Waals surface area contributed by atoms with Gasteiger partial charge in [-0.1, -0.05) is 12.8 Å². The van der Waals surface area contributed by atoms with Crippen molar-refractivity contribution in [1.29, 1.82) is 0 Å². The highest BCUT2D eigenvalue weighted by molar-refractivity contribution is 4.80. The minimum absolute atomic E-state index is 0.796. The van der Waals surface area contributed by atoms with Crippen LogP contribution >= 0.6 is 0 Å². The third-order valence-electron chi connectivity index (χ3n) is 3.63. The molecule has 1 aliphatic rings.